The Labute approximate surface area is 159 Å². The first-order chi connectivity index (χ1) is 12.7. The van der Waals surface area contributed by atoms with E-state index in [1.807, 2.05) is 0 Å². The molecule has 0 aliphatic rings. The molecule has 0 aliphatic heterocycles. The lowest BCUT2D eigenvalue weighted by atomic mass is 10.1. The predicted molar refractivity (Wildman–Crippen MR) is 105 cm³/mol. The largest absolute Gasteiger partial charge is 0.463 e. The Morgan fingerprint density at radius 2 is 1.27 bits per heavy atom. The molecule has 0 saturated carbocycles. The van der Waals surface area contributed by atoms with E-state index in [1.165, 1.54) is 44.9 Å². The fourth-order valence-electron chi connectivity index (χ4n) is 2.69. The number of esters is 1. The van der Waals surface area contributed by atoms with Gasteiger partial charge in [0.1, 0.15) is 12.7 Å². The van der Waals surface area contributed by atoms with Gasteiger partial charge in [-0.25, -0.2) is 0 Å². The zero-order chi connectivity index (χ0) is 19.3. The molecule has 5 heteroatoms. The van der Waals surface area contributed by atoms with Crippen molar-refractivity contribution in [3.63, 3.8) is 0 Å². The molecule has 1 atom stereocenters. The molecule has 0 spiro atoms. The van der Waals surface area contributed by atoms with Crippen molar-refractivity contribution in [2.24, 2.45) is 0 Å². The Hall–Kier alpha value is -0.910. The van der Waals surface area contributed by atoms with E-state index in [2.05, 4.69) is 12.2 Å². The Morgan fingerprint density at radius 3 is 1.81 bits per heavy atom. The zero-order valence-corrected chi connectivity index (χ0v) is 16.4. The molecule has 26 heavy (non-hydrogen) atoms. The third-order valence-electron chi connectivity index (χ3n) is 4.34. The molecular formula is C21H40O5. The van der Waals surface area contributed by atoms with Crippen LogP contribution in [0.5, 0.6) is 0 Å². The molecule has 3 N–H and O–H groups in total. The molecule has 0 unspecified atom stereocenters. The van der Waals surface area contributed by atoms with E-state index in [-0.39, 0.29) is 19.2 Å². The minimum absolute atomic E-state index is 0.120. The molecule has 0 aromatic rings. The first kappa shape index (κ1) is 25.1. The summed E-state index contributed by atoms with van der Waals surface area (Å²) < 4.78 is 4.85. The summed E-state index contributed by atoms with van der Waals surface area (Å²) in [7, 11) is 0. The first-order valence-electron chi connectivity index (χ1n) is 10.4. The van der Waals surface area contributed by atoms with Crippen LogP contribution >= 0.6 is 0 Å². The molecule has 0 bridgehead atoms. The van der Waals surface area contributed by atoms with Gasteiger partial charge in [0.15, 0.2) is 0 Å². The summed E-state index contributed by atoms with van der Waals surface area (Å²) in [5.41, 5.74) is 0. The number of aliphatic hydroxyl groups is 3. The molecule has 0 heterocycles. The van der Waals surface area contributed by atoms with Crippen LogP contribution in [0.1, 0.15) is 89.9 Å². The van der Waals surface area contributed by atoms with E-state index in [9.17, 15) is 4.79 Å². The number of hydrogen-bond donors (Lipinski definition) is 3. The summed E-state index contributed by atoms with van der Waals surface area (Å²) >= 11 is 0. The molecule has 0 aromatic heterocycles. The van der Waals surface area contributed by atoms with Crippen LogP contribution < -0.4 is 0 Å². The van der Waals surface area contributed by atoms with E-state index in [4.69, 9.17) is 20.1 Å². The highest BCUT2D eigenvalue weighted by atomic mass is 16.5. The Morgan fingerprint density at radius 1 is 0.769 bits per heavy atom. The molecule has 5 nitrogen and oxygen atoms in total. The van der Waals surface area contributed by atoms with E-state index >= 15 is 0 Å². The molecule has 154 valence electrons. The number of unbranched alkanes of at least 4 members (excludes halogenated alkanes) is 11. The molecular weight excluding hydrogens is 332 g/mol. The van der Waals surface area contributed by atoms with Crippen molar-refractivity contribution < 1.29 is 24.9 Å². The zero-order valence-electron chi connectivity index (χ0n) is 16.4. The van der Waals surface area contributed by atoms with Gasteiger partial charge in [0, 0.05) is 13.0 Å². The average molecular weight is 373 g/mol. The predicted octanol–water partition coefficient (Wildman–Crippen LogP) is 3.89. The first-order valence-corrected chi connectivity index (χ1v) is 10.4. The van der Waals surface area contributed by atoms with Crippen molar-refractivity contribution in [2.75, 3.05) is 19.8 Å². The van der Waals surface area contributed by atoms with Crippen LogP contribution in [0.4, 0.5) is 0 Å². The van der Waals surface area contributed by atoms with E-state index in [0.29, 0.717) is 13.0 Å². The van der Waals surface area contributed by atoms with Gasteiger partial charge in [-0.1, -0.05) is 57.1 Å². The van der Waals surface area contributed by atoms with Crippen LogP contribution in [-0.2, 0) is 9.53 Å². The van der Waals surface area contributed by atoms with Crippen molar-refractivity contribution in [3.05, 3.63) is 12.2 Å². The van der Waals surface area contributed by atoms with Crippen LogP contribution in [0.3, 0.4) is 0 Å². The normalized spacial score (nSPS) is 12.6. The lowest BCUT2D eigenvalue weighted by Crippen LogP contribution is -2.21. The Bertz CT molecular complexity index is 330. The van der Waals surface area contributed by atoms with Gasteiger partial charge in [-0.2, -0.15) is 0 Å². The van der Waals surface area contributed by atoms with E-state index in [1.54, 1.807) is 0 Å². The number of carbonyl (C=O) groups excluding carboxylic acids is 1. The topological polar surface area (TPSA) is 87.0 Å². The second-order valence-corrected chi connectivity index (χ2v) is 6.93. The highest BCUT2D eigenvalue weighted by Gasteiger charge is 2.07. The van der Waals surface area contributed by atoms with Crippen molar-refractivity contribution in [3.8, 4) is 0 Å². The number of allylic oxidation sites excluding steroid dienone is 2. The minimum atomic E-state index is -0.969. The molecule has 0 radical (unpaired) electrons. The molecule has 0 fully saturated rings. The van der Waals surface area contributed by atoms with Crippen molar-refractivity contribution in [1.82, 2.24) is 0 Å². The van der Waals surface area contributed by atoms with Crippen LogP contribution in [0.2, 0.25) is 0 Å². The monoisotopic (exact) mass is 372 g/mol. The lowest BCUT2D eigenvalue weighted by molar-refractivity contribution is -0.147. The maximum Gasteiger partial charge on any atom is 0.305 e. The van der Waals surface area contributed by atoms with E-state index in [0.717, 1.165) is 38.5 Å². The molecule has 0 saturated heterocycles. The minimum Gasteiger partial charge on any atom is -0.463 e. The van der Waals surface area contributed by atoms with Gasteiger partial charge < -0.3 is 20.1 Å². The Kier molecular flexibility index (Phi) is 19.7. The van der Waals surface area contributed by atoms with Gasteiger partial charge in [0.25, 0.3) is 0 Å². The fraction of sp³-hybridized carbons (Fsp3) is 0.857. The molecule has 0 rings (SSSR count). The second-order valence-electron chi connectivity index (χ2n) is 6.93. The van der Waals surface area contributed by atoms with Crippen LogP contribution in [0.25, 0.3) is 0 Å². The highest BCUT2D eigenvalue weighted by Crippen LogP contribution is 2.10. The number of carbonyl (C=O) groups is 1. The number of rotatable bonds is 19. The average Bonchev–Trinajstić information content (AvgIpc) is 2.65. The third kappa shape index (κ3) is 19.4. The van der Waals surface area contributed by atoms with Gasteiger partial charge in [-0.05, 0) is 38.5 Å². The van der Waals surface area contributed by atoms with Gasteiger partial charge in [-0.15, -0.1) is 0 Å². The summed E-state index contributed by atoms with van der Waals surface area (Å²) in [5.74, 6) is -0.297. The van der Waals surface area contributed by atoms with Gasteiger partial charge >= 0.3 is 5.97 Å². The number of aliphatic hydroxyl groups excluding tert-OH is 3. The second kappa shape index (κ2) is 20.4. The van der Waals surface area contributed by atoms with Gasteiger partial charge in [0.2, 0.25) is 0 Å². The summed E-state index contributed by atoms with van der Waals surface area (Å²) in [5, 5.41) is 26.4. The molecule has 0 aromatic carbocycles. The third-order valence-corrected chi connectivity index (χ3v) is 4.34. The Balaban J connectivity index is 3.22. The van der Waals surface area contributed by atoms with Crippen LogP contribution in [-0.4, -0.2) is 47.2 Å². The molecule has 0 amide bonds. The number of ether oxygens (including phenoxy) is 1. The van der Waals surface area contributed by atoms with Gasteiger partial charge in [-0.3, -0.25) is 4.79 Å². The summed E-state index contributed by atoms with van der Waals surface area (Å²) in [6, 6.07) is 0. The summed E-state index contributed by atoms with van der Waals surface area (Å²) in [4.78, 5) is 11.4. The smallest absolute Gasteiger partial charge is 0.305 e. The maximum atomic E-state index is 11.4. The summed E-state index contributed by atoms with van der Waals surface area (Å²) in [6.45, 7) is -0.176. The van der Waals surface area contributed by atoms with Crippen LogP contribution in [0, 0.1) is 0 Å². The maximum absolute atomic E-state index is 11.4. The quantitative estimate of drug-likeness (QED) is 0.182. The summed E-state index contributed by atoms with van der Waals surface area (Å²) in [6.07, 6.45) is 18.9. The number of hydrogen-bond acceptors (Lipinski definition) is 5. The lowest BCUT2D eigenvalue weighted by Gasteiger charge is -2.08. The standard InChI is InChI=1S/C21H40O5/c22-17-15-13-11-9-7-5-3-1-2-4-6-8-10-12-14-16-21(25)26-19-20(24)18-23/h1-2,20,22-24H,3-19H2/b2-1+/t20-/m1/s1. The van der Waals surface area contributed by atoms with Gasteiger partial charge in [0.05, 0.1) is 6.61 Å². The van der Waals surface area contributed by atoms with Crippen molar-refractivity contribution in [2.45, 2.75) is 96.0 Å². The van der Waals surface area contributed by atoms with Crippen molar-refractivity contribution >= 4 is 5.97 Å². The van der Waals surface area contributed by atoms with Crippen LogP contribution in [0.15, 0.2) is 12.2 Å². The fourth-order valence-corrected chi connectivity index (χ4v) is 2.69. The highest BCUT2D eigenvalue weighted by molar-refractivity contribution is 5.69. The SMILES string of the molecule is O=C(CCCCCCC/C=C/CCCCCCCCO)OC[C@H](O)CO. The molecule has 0 aliphatic carbocycles. The van der Waals surface area contributed by atoms with E-state index < -0.39 is 6.10 Å². The van der Waals surface area contributed by atoms with Crippen molar-refractivity contribution in [1.29, 1.82) is 0 Å².